The minimum atomic E-state index is 0.398. The van der Waals surface area contributed by atoms with Crippen molar-refractivity contribution in [2.75, 3.05) is 0 Å². The zero-order valence-corrected chi connectivity index (χ0v) is 10.0. The van der Waals surface area contributed by atoms with Gasteiger partial charge in [-0.05, 0) is 12.1 Å². The molecule has 3 aromatic heterocycles. The molecule has 0 N–H and O–H groups in total. The van der Waals surface area contributed by atoms with Crippen molar-refractivity contribution in [3.05, 3.63) is 35.7 Å². The summed E-state index contributed by atoms with van der Waals surface area (Å²) in [5.74, 6) is 0. The van der Waals surface area contributed by atoms with Gasteiger partial charge in [0.05, 0.1) is 10.2 Å². The second kappa shape index (κ2) is 3.15. The largest absolute Gasteiger partial charge is 0.267 e. The molecule has 0 aliphatic carbocycles. The van der Waals surface area contributed by atoms with Crippen LogP contribution in [0.25, 0.3) is 26.3 Å². The minimum absolute atomic E-state index is 0.398. The van der Waals surface area contributed by atoms with Crippen LogP contribution in [0.3, 0.4) is 0 Å². The molecule has 82 valence electrons. The fourth-order valence-corrected chi connectivity index (χ4v) is 3.15. The van der Waals surface area contributed by atoms with E-state index in [1.54, 1.807) is 11.3 Å². The first-order valence-electron chi connectivity index (χ1n) is 5.01. The average Bonchev–Trinajstić information content (AvgIpc) is 2.85. The van der Waals surface area contributed by atoms with Gasteiger partial charge in [0.25, 0.3) is 0 Å². The molecular weight excluding hydrogens is 256 g/mol. The third-order valence-electron chi connectivity index (χ3n) is 2.68. The molecule has 4 aromatic rings. The van der Waals surface area contributed by atoms with Crippen LogP contribution in [0.15, 0.2) is 30.6 Å². The zero-order chi connectivity index (χ0) is 11.4. The van der Waals surface area contributed by atoms with Gasteiger partial charge in [0.1, 0.15) is 11.8 Å². The molecule has 0 radical (unpaired) electrons. The Morgan fingerprint density at radius 2 is 2.06 bits per heavy atom. The molecule has 4 rings (SSSR count). The Kier molecular flexibility index (Phi) is 1.73. The van der Waals surface area contributed by atoms with E-state index in [1.165, 1.54) is 11.0 Å². The Bertz CT molecular complexity index is 864. The Morgan fingerprint density at radius 1 is 1.18 bits per heavy atom. The summed E-state index contributed by atoms with van der Waals surface area (Å²) in [5, 5.41) is 0.398. The van der Waals surface area contributed by atoms with E-state index in [9.17, 15) is 0 Å². The van der Waals surface area contributed by atoms with Crippen molar-refractivity contribution >= 4 is 49.3 Å². The van der Waals surface area contributed by atoms with Gasteiger partial charge in [-0.2, -0.15) is 0 Å². The van der Waals surface area contributed by atoms with Crippen LogP contribution in [0.5, 0.6) is 0 Å². The lowest BCUT2D eigenvalue weighted by Gasteiger charge is -1.93. The fourth-order valence-electron chi connectivity index (χ4n) is 1.96. The number of para-hydroxylation sites is 1. The molecule has 0 unspecified atom stereocenters. The van der Waals surface area contributed by atoms with E-state index in [0.717, 1.165) is 16.1 Å². The maximum absolute atomic E-state index is 6.01. The number of thiazole rings is 1. The lowest BCUT2D eigenvalue weighted by molar-refractivity contribution is 1.18. The predicted molar refractivity (Wildman–Crippen MR) is 68.7 cm³/mol. The minimum Gasteiger partial charge on any atom is -0.267 e. The second-order valence-corrected chi connectivity index (χ2v) is 5.00. The summed E-state index contributed by atoms with van der Waals surface area (Å²) >= 11 is 7.64. The molecule has 3 heterocycles. The van der Waals surface area contributed by atoms with Crippen molar-refractivity contribution in [2.45, 2.75) is 0 Å². The van der Waals surface area contributed by atoms with Crippen LogP contribution in [-0.2, 0) is 0 Å². The van der Waals surface area contributed by atoms with E-state index < -0.39 is 0 Å². The second-order valence-electron chi connectivity index (χ2n) is 3.64. The van der Waals surface area contributed by atoms with E-state index in [-0.39, 0.29) is 0 Å². The number of hydrogen-bond acceptors (Lipinski definition) is 4. The highest BCUT2D eigenvalue weighted by atomic mass is 35.5. The zero-order valence-electron chi connectivity index (χ0n) is 8.46. The van der Waals surface area contributed by atoms with Crippen LogP contribution in [0, 0.1) is 0 Å². The van der Waals surface area contributed by atoms with Gasteiger partial charge in [-0.15, -0.1) is 0 Å². The summed E-state index contributed by atoms with van der Waals surface area (Å²) in [6, 6.07) is 8.14. The summed E-state index contributed by atoms with van der Waals surface area (Å²) in [5.41, 5.74) is 2.52. The van der Waals surface area contributed by atoms with E-state index in [1.807, 2.05) is 16.5 Å². The van der Waals surface area contributed by atoms with Crippen molar-refractivity contribution < 1.29 is 0 Å². The lowest BCUT2D eigenvalue weighted by Crippen LogP contribution is -1.86. The molecule has 0 saturated carbocycles. The summed E-state index contributed by atoms with van der Waals surface area (Å²) in [7, 11) is 0. The quantitative estimate of drug-likeness (QED) is 0.456. The molecular formula is C11H5ClN4S. The monoisotopic (exact) mass is 260 g/mol. The van der Waals surface area contributed by atoms with Crippen LogP contribution in [0.1, 0.15) is 0 Å². The molecule has 0 aliphatic heterocycles. The van der Waals surface area contributed by atoms with E-state index in [0.29, 0.717) is 10.7 Å². The van der Waals surface area contributed by atoms with Gasteiger partial charge >= 0.3 is 0 Å². The maximum Gasteiger partial charge on any atom is 0.197 e. The Labute approximate surface area is 105 Å². The molecule has 0 bridgehead atoms. The standard InChI is InChI=1S/C11H5ClN4S/c12-9-8-10(14-5-13-9)16-6-3-1-2-4-7(6)17-11(16)15-8/h1-5H. The predicted octanol–water partition coefficient (Wildman–Crippen LogP) is 3.15. The van der Waals surface area contributed by atoms with Crippen LogP contribution in [-0.4, -0.2) is 19.4 Å². The smallest absolute Gasteiger partial charge is 0.197 e. The number of benzene rings is 1. The Morgan fingerprint density at radius 3 is 3.00 bits per heavy atom. The summed E-state index contributed by atoms with van der Waals surface area (Å²) < 4.78 is 3.20. The van der Waals surface area contributed by atoms with Crippen LogP contribution >= 0.6 is 22.9 Å². The summed E-state index contributed by atoms with van der Waals surface area (Å²) in [6.07, 6.45) is 1.46. The van der Waals surface area contributed by atoms with Gasteiger partial charge in [-0.1, -0.05) is 35.1 Å². The van der Waals surface area contributed by atoms with Gasteiger partial charge in [0.15, 0.2) is 15.8 Å². The number of nitrogens with zero attached hydrogens (tertiary/aromatic N) is 4. The first-order chi connectivity index (χ1) is 8.34. The molecule has 0 saturated heterocycles. The van der Waals surface area contributed by atoms with Crippen LogP contribution in [0.4, 0.5) is 0 Å². The first-order valence-corrected chi connectivity index (χ1v) is 6.20. The highest BCUT2D eigenvalue weighted by Gasteiger charge is 2.13. The van der Waals surface area contributed by atoms with Crippen molar-refractivity contribution in [3.63, 3.8) is 0 Å². The van der Waals surface area contributed by atoms with Crippen molar-refractivity contribution in [1.29, 1.82) is 0 Å². The van der Waals surface area contributed by atoms with E-state index in [4.69, 9.17) is 11.6 Å². The SMILES string of the molecule is Clc1ncnc2c1nc1sc3ccccc3n12. The van der Waals surface area contributed by atoms with Gasteiger partial charge in [0, 0.05) is 0 Å². The summed E-state index contributed by atoms with van der Waals surface area (Å²) in [6.45, 7) is 0. The molecule has 0 amide bonds. The number of halogens is 1. The Balaban J connectivity index is 2.36. The third-order valence-corrected chi connectivity index (χ3v) is 3.97. The Hall–Kier alpha value is -1.72. The molecule has 4 nitrogen and oxygen atoms in total. The van der Waals surface area contributed by atoms with Crippen molar-refractivity contribution in [2.24, 2.45) is 0 Å². The molecule has 1 aromatic carbocycles. The molecule has 0 atom stereocenters. The number of fused-ring (bicyclic) bond motifs is 5. The molecule has 0 fully saturated rings. The number of imidazole rings is 1. The van der Waals surface area contributed by atoms with Crippen LogP contribution in [0.2, 0.25) is 5.15 Å². The first kappa shape index (κ1) is 9.32. The highest BCUT2D eigenvalue weighted by molar-refractivity contribution is 7.23. The third kappa shape index (κ3) is 1.15. The van der Waals surface area contributed by atoms with Gasteiger partial charge < -0.3 is 0 Å². The molecule has 17 heavy (non-hydrogen) atoms. The number of hydrogen-bond donors (Lipinski definition) is 0. The van der Waals surface area contributed by atoms with Gasteiger partial charge in [-0.3, -0.25) is 4.40 Å². The van der Waals surface area contributed by atoms with Crippen molar-refractivity contribution in [1.82, 2.24) is 19.4 Å². The highest BCUT2D eigenvalue weighted by Crippen LogP contribution is 2.30. The molecule has 0 aliphatic rings. The van der Waals surface area contributed by atoms with Gasteiger partial charge in [0.2, 0.25) is 0 Å². The van der Waals surface area contributed by atoms with E-state index >= 15 is 0 Å². The fraction of sp³-hybridized carbons (Fsp3) is 0. The summed E-state index contributed by atoms with van der Waals surface area (Å²) in [4.78, 5) is 13.6. The normalized spacial score (nSPS) is 11.8. The molecule has 6 heteroatoms. The van der Waals surface area contributed by atoms with Gasteiger partial charge in [-0.25, -0.2) is 15.0 Å². The number of aromatic nitrogens is 4. The lowest BCUT2D eigenvalue weighted by atomic mass is 10.3. The van der Waals surface area contributed by atoms with E-state index in [2.05, 4.69) is 27.1 Å². The van der Waals surface area contributed by atoms with Crippen LogP contribution < -0.4 is 0 Å². The topological polar surface area (TPSA) is 43.1 Å². The molecule has 0 spiro atoms. The average molecular weight is 261 g/mol. The number of rotatable bonds is 0. The maximum atomic E-state index is 6.01. The van der Waals surface area contributed by atoms with Crippen molar-refractivity contribution in [3.8, 4) is 0 Å².